The SMILES string of the molecule is CCn1cc(C(C)NC(CN(C)C)C(C)C)cn1. The van der Waals surface area contributed by atoms with Crippen molar-refractivity contribution in [2.24, 2.45) is 5.92 Å². The van der Waals surface area contributed by atoms with Crippen LogP contribution in [0.15, 0.2) is 12.4 Å². The number of nitrogens with one attached hydrogen (secondary N) is 1. The van der Waals surface area contributed by atoms with Gasteiger partial charge in [-0.2, -0.15) is 5.10 Å². The largest absolute Gasteiger partial charge is 0.308 e. The van der Waals surface area contributed by atoms with Crippen molar-refractivity contribution in [2.45, 2.75) is 46.3 Å². The molecule has 1 aromatic heterocycles. The molecule has 4 heteroatoms. The summed E-state index contributed by atoms with van der Waals surface area (Å²) in [7, 11) is 4.24. The summed E-state index contributed by atoms with van der Waals surface area (Å²) >= 11 is 0. The fourth-order valence-electron chi connectivity index (χ4n) is 2.04. The Morgan fingerprint density at radius 3 is 2.44 bits per heavy atom. The molecular weight excluding hydrogens is 224 g/mol. The number of aryl methyl sites for hydroxylation is 1. The average Bonchev–Trinajstić information content (AvgIpc) is 2.75. The van der Waals surface area contributed by atoms with Crippen LogP contribution >= 0.6 is 0 Å². The second-order valence-corrected chi connectivity index (χ2v) is 5.63. The van der Waals surface area contributed by atoms with Crippen molar-refractivity contribution in [1.82, 2.24) is 20.0 Å². The minimum absolute atomic E-state index is 0.345. The summed E-state index contributed by atoms with van der Waals surface area (Å²) in [5.74, 6) is 0.621. The van der Waals surface area contributed by atoms with E-state index in [9.17, 15) is 0 Å². The van der Waals surface area contributed by atoms with E-state index in [1.807, 2.05) is 10.9 Å². The highest BCUT2D eigenvalue weighted by atomic mass is 15.3. The Hall–Kier alpha value is -0.870. The lowest BCUT2D eigenvalue weighted by molar-refractivity contribution is 0.273. The second kappa shape index (κ2) is 6.90. The van der Waals surface area contributed by atoms with Gasteiger partial charge in [0.05, 0.1) is 6.20 Å². The molecule has 18 heavy (non-hydrogen) atoms. The Bertz CT molecular complexity index is 343. The Labute approximate surface area is 111 Å². The average molecular weight is 252 g/mol. The molecule has 104 valence electrons. The number of aromatic nitrogens is 2. The normalized spacial score (nSPS) is 15.3. The number of rotatable bonds is 7. The molecule has 0 aliphatic heterocycles. The van der Waals surface area contributed by atoms with Crippen molar-refractivity contribution >= 4 is 0 Å². The fourth-order valence-corrected chi connectivity index (χ4v) is 2.04. The standard InChI is InChI=1S/C14H28N4/c1-7-18-9-13(8-15-18)12(4)16-14(11(2)3)10-17(5)6/h8-9,11-12,14,16H,7,10H2,1-6H3. The van der Waals surface area contributed by atoms with Crippen LogP contribution in [0.4, 0.5) is 0 Å². The van der Waals surface area contributed by atoms with Crippen LogP contribution in [0, 0.1) is 5.92 Å². The third kappa shape index (κ3) is 4.42. The van der Waals surface area contributed by atoms with Gasteiger partial charge in [0.25, 0.3) is 0 Å². The molecule has 0 radical (unpaired) electrons. The summed E-state index contributed by atoms with van der Waals surface area (Å²) < 4.78 is 1.98. The van der Waals surface area contributed by atoms with Crippen LogP contribution in [-0.2, 0) is 6.54 Å². The Morgan fingerprint density at radius 1 is 1.33 bits per heavy atom. The van der Waals surface area contributed by atoms with Gasteiger partial charge in [0, 0.05) is 36.9 Å². The van der Waals surface area contributed by atoms with Gasteiger partial charge in [-0.3, -0.25) is 4.68 Å². The molecule has 4 nitrogen and oxygen atoms in total. The summed E-state index contributed by atoms with van der Waals surface area (Å²) in [6, 6.07) is 0.845. The summed E-state index contributed by atoms with van der Waals surface area (Å²) in [5.41, 5.74) is 1.27. The summed E-state index contributed by atoms with van der Waals surface area (Å²) in [4.78, 5) is 2.24. The van der Waals surface area contributed by atoms with E-state index in [1.165, 1.54) is 5.56 Å². The molecule has 2 unspecified atom stereocenters. The molecule has 1 N–H and O–H groups in total. The van der Waals surface area contributed by atoms with Crippen molar-refractivity contribution in [2.75, 3.05) is 20.6 Å². The number of likely N-dealkylation sites (N-methyl/N-ethyl adjacent to an activating group) is 1. The van der Waals surface area contributed by atoms with E-state index in [-0.39, 0.29) is 0 Å². The first-order valence-electron chi connectivity index (χ1n) is 6.87. The molecule has 1 rings (SSSR count). The second-order valence-electron chi connectivity index (χ2n) is 5.63. The maximum Gasteiger partial charge on any atom is 0.0537 e. The molecule has 1 aromatic rings. The quantitative estimate of drug-likeness (QED) is 0.807. The minimum atomic E-state index is 0.345. The van der Waals surface area contributed by atoms with E-state index in [4.69, 9.17) is 0 Å². The Kier molecular flexibility index (Phi) is 5.82. The lowest BCUT2D eigenvalue weighted by Crippen LogP contribution is -2.43. The van der Waals surface area contributed by atoms with Gasteiger partial charge in [0.15, 0.2) is 0 Å². The van der Waals surface area contributed by atoms with Gasteiger partial charge in [-0.25, -0.2) is 0 Å². The Morgan fingerprint density at radius 2 is 2.00 bits per heavy atom. The number of nitrogens with zero attached hydrogens (tertiary/aromatic N) is 3. The van der Waals surface area contributed by atoms with Crippen LogP contribution in [0.3, 0.4) is 0 Å². The summed E-state index contributed by atoms with van der Waals surface area (Å²) in [5, 5.41) is 8.04. The first-order chi connectivity index (χ1) is 8.43. The maximum atomic E-state index is 4.34. The molecule has 1 heterocycles. The first-order valence-corrected chi connectivity index (χ1v) is 6.87. The fraction of sp³-hybridized carbons (Fsp3) is 0.786. The maximum absolute atomic E-state index is 4.34. The van der Waals surface area contributed by atoms with Crippen LogP contribution in [0.25, 0.3) is 0 Å². The molecule has 0 saturated heterocycles. The van der Waals surface area contributed by atoms with Gasteiger partial charge in [-0.05, 0) is 33.9 Å². The van der Waals surface area contributed by atoms with E-state index in [1.54, 1.807) is 0 Å². The molecule has 2 atom stereocenters. The highest BCUT2D eigenvalue weighted by Crippen LogP contribution is 2.14. The zero-order valence-corrected chi connectivity index (χ0v) is 12.6. The summed E-state index contributed by atoms with van der Waals surface area (Å²) in [6.45, 7) is 10.8. The molecule has 0 aliphatic carbocycles. The molecule has 0 spiro atoms. The topological polar surface area (TPSA) is 33.1 Å². The molecule has 0 amide bonds. The van der Waals surface area contributed by atoms with Crippen molar-refractivity contribution in [1.29, 1.82) is 0 Å². The lowest BCUT2D eigenvalue weighted by Gasteiger charge is -2.28. The van der Waals surface area contributed by atoms with Gasteiger partial charge < -0.3 is 10.2 Å². The minimum Gasteiger partial charge on any atom is -0.308 e. The van der Waals surface area contributed by atoms with Crippen molar-refractivity contribution in [3.05, 3.63) is 18.0 Å². The zero-order chi connectivity index (χ0) is 13.7. The molecule has 0 aromatic carbocycles. The first kappa shape index (κ1) is 15.2. The van der Waals surface area contributed by atoms with Gasteiger partial charge in [-0.15, -0.1) is 0 Å². The Balaban J connectivity index is 2.62. The van der Waals surface area contributed by atoms with Crippen LogP contribution in [0.1, 0.15) is 39.3 Å². The summed E-state index contributed by atoms with van der Waals surface area (Å²) in [6.07, 6.45) is 4.10. The van der Waals surface area contributed by atoms with E-state index >= 15 is 0 Å². The van der Waals surface area contributed by atoms with E-state index in [0.717, 1.165) is 13.1 Å². The molecule has 0 saturated carbocycles. The third-order valence-corrected chi connectivity index (χ3v) is 3.31. The monoisotopic (exact) mass is 252 g/mol. The molecular formula is C14H28N4. The predicted octanol–water partition coefficient (Wildman–Crippen LogP) is 2.14. The predicted molar refractivity (Wildman–Crippen MR) is 76.6 cm³/mol. The van der Waals surface area contributed by atoms with Crippen molar-refractivity contribution in [3.8, 4) is 0 Å². The van der Waals surface area contributed by atoms with E-state index in [0.29, 0.717) is 18.0 Å². The highest BCUT2D eigenvalue weighted by molar-refractivity contribution is 5.09. The van der Waals surface area contributed by atoms with Gasteiger partial charge in [0.1, 0.15) is 0 Å². The zero-order valence-electron chi connectivity index (χ0n) is 12.6. The third-order valence-electron chi connectivity index (χ3n) is 3.31. The van der Waals surface area contributed by atoms with E-state index < -0.39 is 0 Å². The van der Waals surface area contributed by atoms with Crippen LogP contribution in [0.5, 0.6) is 0 Å². The van der Waals surface area contributed by atoms with Crippen LogP contribution in [-0.4, -0.2) is 41.4 Å². The molecule has 0 aliphatic rings. The van der Waals surface area contributed by atoms with Gasteiger partial charge in [0.2, 0.25) is 0 Å². The van der Waals surface area contributed by atoms with Gasteiger partial charge in [-0.1, -0.05) is 13.8 Å². The van der Waals surface area contributed by atoms with Crippen LogP contribution in [0.2, 0.25) is 0 Å². The lowest BCUT2D eigenvalue weighted by atomic mass is 10.0. The number of hydrogen-bond donors (Lipinski definition) is 1. The van der Waals surface area contributed by atoms with Crippen molar-refractivity contribution in [3.63, 3.8) is 0 Å². The number of hydrogen-bond acceptors (Lipinski definition) is 3. The highest BCUT2D eigenvalue weighted by Gasteiger charge is 2.18. The van der Waals surface area contributed by atoms with Crippen LogP contribution < -0.4 is 5.32 Å². The van der Waals surface area contributed by atoms with Crippen molar-refractivity contribution < 1.29 is 0 Å². The smallest absolute Gasteiger partial charge is 0.0537 e. The molecule has 0 fully saturated rings. The van der Waals surface area contributed by atoms with E-state index in [2.05, 4.69) is 63.3 Å². The van der Waals surface area contributed by atoms with Gasteiger partial charge >= 0.3 is 0 Å². The molecule has 0 bridgehead atoms.